The standard InChI is InChI=1S/C17H15ClN2O2S/c18-13-5-3-4-12(8-13)9-19-16(21)10-20-14-6-1-2-7-15(14)23-11-17(20)22/h1-8H,9-11H2,(H,19,21). The number of benzene rings is 2. The quantitative estimate of drug-likeness (QED) is 0.925. The van der Waals surface area contributed by atoms with E-state index in [1.165, 1.54) is 11.8 Å². The highest BCUT2D eigenvalue weighted by Crippen LogP contribution is 2.34. The van der Waals surface area contributed by atoms with E-state index in [0.717, 1.165) is 16.1 Å². The fourth-order valence-corrected chi connectivity index (χ4v) is 3.52. The summed E-state index contributed by atoms with van der Waals surface area (Å²) in [6, 6.07) is 14.9. The first-order valence-electron chi connectivity index (χ1n) is 7.17. The molecule has 2 amide bonds. The van der Waals surface area contributed by atoms with Crippen LogP contribution >= 0.6 is 23.4 Å². The summed E-state index contributed by atoms with van der Waals surface area (Å²) in [5.74, 6) is 0.116. The number of carbonyl (C=O) groups excluding carboxylic acids is 2. The zero-order valence-corrected chi connectivity index (χ0v) is 13.9. The van der Waals surface area contributed by atoms with E-state index < -0.39 is 0 Å². The lowest BCUT2D eigenvalue weighted by molar-refractivity contribution is -0.123. The van der Waals surface area contributed by atoms with Crippen molar-refractivity contribution >= 4 is 40.9 Å². The zero-order valence-electron chi connectivity index (χ0n) is 12.3. The van der Waals surface area contributed by atoms with E-state index in [2.05, 4.69) is 5.32 Å². The molecule has 3 rings (SSSR count). The van der Waals surface area contributed by atoms with Crippen molar-refractivity contribution in [3.8, 4) is 0 Å². The van der Waals surface area contributed by atoms with Gasteiger partial charge in [0.05, 0.1) is 11.4 Å². The van der Waals surface area contributed by atoms with Gasteiger partial charge in [-0.3, -0.25) is 9.59 Å². The zero-order chi connectivity index (χ0) is 16.2. The summed E-state index contributed by atoms with van der Waals surface area (Å²) in [5.41, 5.74) is 1.72. The molecule has 0 aliphatic carbocycles. The van der Waals surface area contributed by atoms with E-state index in [0.29, 0.717) is 17.3 Å². The van der Waals surface area contributed by atoms with Gasteiger partial charge in [0, 0.05) is 16.5 Å². The fourth-order valence-electron chi connectivity index (χ4n) is 2.37. The van der Waals surface area contributed by atoms with Crippen LogP contribution in [0.1, 0.15) is 5.56 Å². The van der Waals surface area contributed by atoms with Crippen molar-refractivity contribution < 1.29 is 9.59 Å². The van der Waals surface area contributed by atoms with Gasteiger partial charge in [-0.1, -0.05) is 35.9 Å². The van der Waals surface area contributed by atoms with Gasteiger partial charge in [0.1, 0.15) is 6.54 Å². The topological polar surface area (TPSA) is 49.4 Å². The highest BCUT2D eigenvalue weighted by molar-refractivity contribution is 8.00. The minimum absolute atomic E-state index is 0.0248. The van der Waals surface area contributed by atoms with Crippen LogP contribution in [0.25, 0.3) is 0 Å². The van der Waals surface area contributed by atoms with Gasteiger partial charge in [0.2, 0.25) is 11.8 Å². The van der Waals surface area contributed by atoms with Crippen LogP contribution in [0.5, 0.6) is 0 Å². The highest BCUT2D eigenvalue weighted by Gasteiger charge is 2.25. The van der Waals surface area contributed by atoms with Crippen molar-refractivity contribution in [3.63, 3.8) is 0 Å². The summed E-state index contributed by atoms with van der Waals surface area (Å²) in [5, 5.41) is 3.46. The van der Waals surface area contributed by atoms with E-state index in [1.807, 2.05) is 36.4 Å². The largest absolute Gasteiger partial charge is 0.350 e. The predicted octanol–water partition coefficient (Wildman–Crippen LogP) is 3.10. The molecule has 1 N–H and O–H groups in total. The van der Waals surface area contributed by atoms with Gasteiger partial charge in [0.25, 0.3) is 0 Å². The highest BCUT2D eigenvalue weighted by atomic mass is 35.5. The summed E-state index contributed by atoms with van der Waals surface area (Å²) < 4.78 is 0. The molecule has 6 heteroatoms. The number of hydrogen-bond acceptors (Lipinski definition) is 3. The lowest BCUT2D eigenvalue weighted by atomic mass is 10.2. The second kappa shape index (κ2) is 7.06. The van der Waals surface area contributed by atoms with Gasteiger partial charge < -0.3 is 10.2 Å². The van der Waals surface area contributed by atoms with Crippen LogP contribution in [0.4, 0.5) is 5.69 Å². The minimum atomic E-state index is -0.194. The number of hydrogen-bond donors (Lipinski definition) is 1. The Bertz CT molecular complexity index is 751. The van der Waals surface area contributed by atoms with Gasteiger partial charge in [-0.15, -0.1) is 11.8 Å². The van der Waals surface area contributed by atoms with Crippen LogP contribution in [0.3, 0.4) is 0 Å². The molecule has 0 spiro atoms. The summed E-state index contributed by atoms with van der Waals surface area (Å²) in [6.45, 7) is 0.412. The number of rotatable bonds is 4. The van der Waals surface area contributed by atoms with Crippen molar-refractivity contribution in [3.05, 3.63) is 59.1 Å². The molecule has 1 aliphatic heterocycles. The van der Waals surface area contributed by atoms with E-state index in [-0.39, 0.29) is 18.4 Å². The third-order valence-corrected chi connectivity index (χ3v) is 4.77. The molecule has 0 bridgehead atoms. The molecule has 1 heterocycles. The molecule has 0 radical (unpaired) electrons. The maximum atomic E-state index is 12.2. The maximum absolute atomic E-state index is 12.2. The van der Waals surface area contributed by atoms with Gasteiger partial charge in [-0.05, 0) is 29.8 Å². The summed E-state index contributed by atoms with van der Waals surface area (Å²) in [6.07, 6.45) is 0. The molecule has 1 aliphatic rings. The van der Waals surface area contributed by atoms with Gasteiger partial charge in [-0.25, -0.2) is 0 Å². The van der Waals surface area contributed by atoms with Crippen LogP contribution in [-0.2, 0) is 16.1 Å². The van der Waals surface area contributed by atoms with Crippen molar-refractivity contribution in [1.29, 1.82) is 0 Å². The van der Waals surface area contributed by atoms with E-state index >= 15 is 0 Å². The number of nitrogens with one attached hydrogen (secondary N) is 1. The predicted molar refractivity (Wildman–Crippen MR) is 92.8 cm³/mol. The lowest BCUT2D eigenvalue weighted by Gasteiger charge is -2.28. The van der Waals surface area contributed by atoms with Crippen molar-refractivity contribution in [1.82, 2.24) is 5.32 Å². The molecule has 2 aromatic carbocycles. The van der Waals surface area contributed by atoms with Crippen molar-refractivity contribution in [2.45, 2.75) is 11.4 Å². The van der Waals surface area contributed by atoms with Crippen molar-refractivity contribution in [2.24, 2.45) is 0 Å². The molecule has 0 aromatic heterocycles. The second-order valence-electron chi connectivity index (χ2n) is 5.14. The Morgan fingerprint density at radius 3 is 2.87 bits per heavy atom. The summed E-state index contributed by atoms with van der Waals surface area (Å²) >= 11 is 7.43. The number of anilines is 1. The number of halogens is 1. The Labute approximate surface area is 143 Å². The maximum Gasteiger partial charge on any atom is 0.240 e. The molecule has 0 saturated heterocycles. The molecule has 0 unspecified atom stereocenters. The van der Waals surface area contributed by atoms with Gasteiger partial charge in [-0.2, -0.15) is 0 Å². The van der Waals surface area contributed by atoms with Crippen LogP contribution in [-0.4, -0.2) is 24.1 Å². The van der Waals surface area contributed by atoms with Gasteiger partial charge >= 0.3 is 0 Å². The molecular weight excluding hydrogens is 332 g/mol. The number of thioether (sulfide) groups is 1. The number of nitrogens with zero attached hydrogens (tertiary/aromatic N) is 1. The lowest BCUT2D eigenvalue weighted by Crippen LogP contribution is -2.43. The number of amides is 2. The smallest absolute Gasteiger partial charge is 0.240 e. The Balaban J connectivity index is 1.65. The third-order valence-electron chi connectivity index (χ3n) is 3.49. The first kappa shape index (κ1) is 15.9. The molecular formula is C17H15ClN2O2S. The number of para-hydroxylation sites is 1. The molecule has 2 aromatic rings. The molecule has 0 saturated carbocycles. The van der Waals surface area contributed by atoms with Crippen LogP contribution in [0, 0.1) is 0 Å². The van der Waals surface area contributed by atoms with E-state index in [9.17, 15) is 9.59 Å². The molecule has 23 heavy (non-hydrogen) atoms. The van der Waals surface area contributed by atoms with Crippen LogP contribution < -0.4 is 10.2 Å². The monoisotopic (exact) mass is 346 g/mol. The first-order chi connectivity index (χ1) is 11.1. The Morgan fingerprint density at radius 2 is 2.04 bits per heavy atom. The summed E-state index contributed by atoms with van der Waals surface area (Å²) in [7, 11) is 0. The Hall–Kier alpha value is -1.98. The molecule has 118 valence electrons. The number of fused-ring (bicyclic) bond motifs is 1. The average Bonchev–Trinajstić information content (AvgIpc) is 2.56. The van der Waals surface area contributed by atoms with E-state index in [1.54, 1.807) is 17.0 Å². The Morgan fingerprint density at radius 1 is 1.22 bits per heavy atom. The third kappa shape index (κ3) is 3.86. The van der Waals surface area contributed by atoms with Crippen LogP contribution in [0.15, 0.2) is 53.4 Å². The summed E-state index contributed by atoms with van der Waals surface area (Å²) in [4.78, 5) is 26.9. The minimum Gasteiger partial charge on any atom is -0.350 e. The average molecular weight is 347 g/mol. The van der Waals surface area contributed by atoms with Gasteiger partial charge in [0.15, 0.2) is 0 Å². The SMILES string of the molecule is O=C(CN1C(=O)CSc2ccccc21)NCc1cccc(Cl)c1. The van der Waals surface area contributed by atoms with Crippen LogP contribution in [0.2, 0.25) is 5.02 Å². The second-order valence-corrected chi connectivity index (χ2v) is 6.60. The molecule has 0 atom stereocenters. The number of carbonyl (C=O) groups is 2. The normalized spacial score (nSPS) is 13.6. The fraction of sp³-hybridized carbons (Fsp3) is 0.176. The van der Waals surface area contributed by atoms with E-state index in [4.69, 9.17) is 11.6 Å². The van der Waals surface area contributed by atoms with Crippen molar-refractivity contribution in [2.75, 3.05) is 17.2 Å². The molecule has 0 fully saturated rings. The molecule has 4 nitrogen and oxygen atoms in total. The first-order valence-corrected chi connectivity index (χ1v) is 8.53. The Kier molecular flexibility index (Phi) is 4.88.